The highest BCUT2D eigenvalue weighted by Gasteiger charge is 2.28. The Hall–Kier alpha value is -1.65. The Morgan fingerprint density at radius 1 is 1.25 bits per heavy atom. The summed E-state index contributed by atoms with van der Waals surface area (Å²) in [6.07, 6.45) is 0.423. The highest BCUT2D eigenvalue weighted by Crippen LogP contribution is 2.33. The average molecular weight is 375 g/mol. The van der Waals surface area contributed by atoms with Crippen molar-refractivity contribution in [2.24, 2.45) is 10.9 Å². The van der Waals surface area contributed by atoms with Gasteiger partial charge in [-0.05, 0) is 37.1 Å². The number of sulfone groups is 1. The summed E-state index contributed by atoms with van der Waals surface area (Å²) in [7, 11) is -7.15. The fourth-order valence-corrected chi connectivity index (χ4v) is 4.54. The van der Waals surface area contributed by atoms with Crippen molar-refractivity contribution in [2.45, 2.75) is 30.7 Å². The number of carbonyl (C=O) groups excluding carboxylic acids is 1. The van der Waals surface area contributed by atoms with Gasteiger partial charge in [0.15, 0.2) is 9.84 Å². The van der Waals surface area contributed by atoms with E-state index >= 15 is 0 Å². The van der Waals surface area contributed by atoms with Gasteiger partial charge in [-0.2, -0.15) is 0 Å². The molecule has 0 saturated carbocycles. The lowest BCUT2D eigenvalue weighted by Gasteiger charge is -2.24. The maximum atomic E-state index is 12.0. The van der Waals surface area contributed by atoms with Gasteiger partial charge in [-0.15, -0.1) is 0 Å². The zero-order chi connectivity index (χ0) is 18.1. The monoisotopic (exact) mass is 375 g/mol. The normalized spacial score (nSPS) is 17.8. The summed E-state index contributed by atoms with van der Waals surface area (Å²) in [4.78, 5) is 12.7. The summed E-state index contributed by atoms with van der Waals surface area (Å²) in [5, 5.41) is 5.14. The van der Waals surface area contributed by atoms with Crippen molar-refractivity contribution in [1.29, 1.82) is 0 Å². The fraction of sp³-hybridized carbons (Fsp3) is 0.500. The first kappa shape index (κ1) is 18.7. The average Bonchev–Trinajstić information content (AvgIpc) is 2.77. The van der Waals surface area contributed by atoms with Crippen LogP contribution in [0.2, 0.25) is 0 Å². The van der Waals surface area contributed by atoms with E-state index in [1.807, 2.05) is 11.8 Å². The van der Waals surface area contributed by atoms with Crippen molar-refractivity contribution in [1.82, 2.24) is 0 Å². The van der Waals surface area contributed by atoms with E-state index in [9.17, 15) is 21.6 Å². The quantitative estimate of drug-likeness (QED) is 0.650. The molecular formula is C14H21N3O5S2. The molecule has 0 aliphatic carbocycles. The lowest BCUT2D eigenvalue weighted by Crippen LogP contribution is -2.34. The number of anilines is 1. The summed E-state index contributed by atoms with van der Waals surface area (Å²) < 4.78 is 46.8. The van der Waals surface area contributed by atoms with E-state index in [0.29, 0.717) is 6.42 Å². The van der Waals surface area contributed by atoms with Gasteiger partial charge in [0.05, 0.1) is 16.4 Å². The first-order chi connectivity index (χ1) is 11.0. The summed E-state index contributed by atoms with van der Waals surface area (Å²) in [5.74, 6) is -1.00. The van der Waals surface area contributed by atoms with Gasteiger partial charge in [-0.25, -0.2) is 22.0 Å². The predicted molar refractivity (Wildman–Crippen MR) is 90.8 cm³/mol. The number of primary amides is 1. The maximum absolute atomic E-state index is 12.0. The standard InChI is InChI=1S/C14H21N3O5S2/c1-10-8-11-9-12(24(16,21)22)2-3-13(11)17(10)5-7-23(19,20)6-4-14(15)18/h2-3,9-10H,4-8H2,1H3,(H2,15,18)(H2,16,21,22). The van der Waals surface area contributed by atoms with Crippen LogP contribution in [0.4, 0.5) is 5.69 Å². The molecular weight excluding hydrogens is 354 g/mol. The Bertz CT molecular complexity index is 849. The van der Waals surface area contributed by atoms with Crippen molar-refractivity contribution in [3.63, 3.8) is 0 Å². The fourth-order valence-electron chi connectivity index (χ4n) is 2.78. The first-order valence-corrected chi connectivity index (χ1v) is 10.8. The minimum atomic E-state index is -3.77. The number of amides is 1. The number of nitrogens with zero attached hydrogens (tertiary/aromatic N) is 1. The molecule has 1 amide bonds. The topological polar surface area (TPSA) is 141 Å². The smallest absolute Gasteiger partial charge is 0.238 e. The first-order valence-electron chi connectivity index (χ1n) is 7.41. The maximum Gasteiger partial charge on any atom is 0.238 e. The third-order valence-corrected chi connectivity index (χ3v) is 6.58. The molecule has 1 unspecified atom stereocenters. The van der Waals surface area contributed by atoms with Crippen LogP contribution in [0.25, 0.3) is 0 Å². The van der Waals surface area contributed by atoms with E-state index in [2.05, 4.69) is 0 Å². The molecule has 1 aliphatic rings. The predicted octanol–water partition coefficient (Wildman–Crippen LogP) is -0.625. The van der Waals surface area contributed by atoms with E-state index in [1.54, 1.807) is 6.07 Å². The molecule has 8 nitrogen and oxygen atoms in total. The van der Waals surface area contributed by atoms with Crippen LogP contribution in [0, 0.1) is 0 Å². The minimum absolute atomic E-state index is 0.0436. The van der Waals surface area contributed by atoms with Crippen LogP contribution in [-0.4, -0.2) is 46.8 Å². The van der Waals surface area contributed by atoms with Crippen molar-refractivity contribution in [2.75, 3.05) is 23.0 Å². The molecule has 2 rings (SSSR count). The highest BCUT2D eigenvalue weighted by atomic mass is 32.2. The van der Waals surface area contributed by atoms with Crippen LogP contribution < -0.4 is 15.8 Å². The number of fused-ring (bicyclic) bond motifs is 1. The number of sulfonamides is 1. The molecule has 0 bridgehead atoms. The highest BCUT2D eigenvalue weighted by molar-refractivity contribution is 7.91. The molecule has 10 heteroatoms. The van der Waals surface area contributed by atoms with Crippen molar-refractivity contribution in [3.8, 4) is 0 Å². The molecule has 0 saturated heterocycles. The Morgan fingerprint density at radius 2 is 1.92 bits per heavy atom. The van der Waals surface area contributed by atoms with Gasteiger partial charge in [0.25, 0.3) is 0 Å². The third kappa shape index (κ3) is 4.46. The van der Waals surface area contributed by atoms with Crippen molar-refractivity contribution < 1.29 is 21.6 Å². The van der Waals surface area contributed by atoms with Gasteiger partial charge in [0.2, 0.25) is 15.9 Å². The van der Waals surface area contributed by atoms with E-state index in [-0.39, 0.29) is 35.4 Å². The second-order valence-corrected chi connectivity index (χ2v) is 9.82. The molecule has 1 aliphatic heterocycles. The molecule has 1 atom stereocenters. The number of hydrogen-bond acceptors (Lipinski definition) is 6. The van der Waals surface area contributed by atoms with E-state index < -0.39 is 25.8 Å². The minimum Gasteiger partial charge on any atom is -0.370 e. The van der Waals surface area contributed by atoms with Gasteiger partial charge >= 0.3 is 0 Å². The number of primary sulfonamides is 1. The lowest BCUT2D eigenvalue weighted by molar-refractivity contribution is -0.117. The second kappa shape index (κ2) is 6.69. The van der Waals surface area contributed by atoms with Crippen LogP contribution in [0.5, 0.6) is 0 Å². The number of carbonyl (C=O) groups is 1. The second-order valence-electron chi connectivity index (χ2n) is 5.95. The Kier molecular flexibility index (Phi) is 5.21. The zero-order valence-electron chi connectivity index (χ0n) is 13.3. The van der Waals surface area contributed by atoms with Gasteiger partial charge in [0, 0.05) is 24.7 Å². The van der Waals surface area contributed by atoms with Crippen LogP contribution >= 0.6 is 0 Å². The lowest BCUT2D eigenvalue weighted by atomic mass is 10.1. The SMILES string of the molecule is CC1Cc2cc(S(N)(=O)=O)ccc2N1CCS(=O)(=O)CCC(N)=O. The van der Waals surface area contributed by atoms with E-state index in [0.717, 1.165) is 11.3 Å². The van der Waals surface area contributed by atoms with Crippen LogP contribution in [-0.2, 0) is 31.1 Å². The summed E-state index contributed by atoms with van der Waals surface area (Å²) in [6.45, 7) is 2.20. The molecule has 4 N–H and O–H groups in total. The van der Waals surface area contributed by atoms with Crippen molar-refractivity contribution in [3.05, 3.63) is 23.8 Å². The largest absolute Gasteiger partial charge is 0.370 e. The summed E-state index contributed by atoms with van der Waals surface area (Å²) in [6, 6.07) is 4.64. The van der Waals surface area contributed by atoms with Crippen LogP contribution in [0.3, 0.4) is 0 Å². The molecule has 0 radical (unpaired) electrons. The van der Waals surface area contributed by atoms with Gasteiger partial charge in [-0.1, -0.05) is 0 Å². The Balaban J connectivity index is 2.13. The zero-order valence-corrected chi connectivity index (χ0v) is 14.9. The number of benzene rings is 1. The van der Waals surface area contributed by atoms with Crippen LogP contribution in [0.1, 0.15) is 18.9 Å². The third-order valence-electron chi connectivity index (χ3n) is 4.04. The Labute approximate surface area is 141 Å². The number of hydrogen-bond donors (Lipinski definition) is 2. The summed E-state index contributed by atoms with van der Waals surface area (Å²) >= 11 is 0. The molecule has 1 heterocycles. The molecule has 1 aromatic carbocycles. The van der Waals surface area contributed by atoms with Gasteiger partial charge in [-0.3, -0.25) is 4.79 Å². The number of nitrogens with two attached hydrogens (primary N) is 2. The number of rotatable bonds is 7. The molecule has 0 spiro atoms. The molecule has 1 aromatic rings. The molecule has 134 valence electrons. The van der Waals surface area contributed by atoms with E-state index in [4.69, 9.17) is 10.9 Å². The Morgan fingerprint density at radius 3 is 2.50 bits per heavy atom. The summed E-state index contributed by atoms with van der Waals surface area (Å²) in [5.41, 5.74) is 6.61. The van der Waals surface area contributed by atoms with Gasteiger partial charge < -0.3 is 10.6 Å². The van der Waals surface area contributed by atoms with Crippen LogP contribution in [0.15, 0.2) is 23.1 Å². The van der Waals surface area contributed by atoms with Gasteiger partial charge in [0.1, 0.15) is 0 Å². The molecule has 24 heavy (non-hydrogen) atoms. The van der Waals surface area contributed by atoms with Crippen molar-refractivity contribution >= 4 is 31.5 Å². The molecule has 0 aromatic heterocycles. The molecule has 0 fully saturated rings. The van der Waals surface area contributed by atoms with E-state index in [1.165, 1.54) is 12.1 Å².